The van der Waals surface area contributed by atoms with Crippen LogP contribution in [-0.2, 0) is 6.54 Å². The Balaban J connectivity index is 1.97. The predicted octanol–water partition coefficient (Wildman–Crippen LogP) is 2.83. The van der Waals surface area contributed by atoms with E-state index in [2.05, 4.69) is 27.8 Å². The zero-order chi connectivity index (χ0) is 14.2. The second-order valence-corrected chi connectivity index (χ2v) is 4.56. The maximum Gasteiger partial charge on any atom is 0.252 e. The highest BCUT2D eigenvalue weighted by molar-refractivity contribution is 5.94. The average molecular weight is 269 g/mol. The average Bonchev–Trinajstić information content (AvgIpc) is 2.52. The van der Waals surface area contributed by atoms with Crippen LogP contribution in [0.25, 0.3) is 0 Å². The summed E-state index contributed by atoms with van der Waals surface area (Å²) < 4.78 is 0. The Labute approximate surface area is 119 Å². The maximum absolute atomic E-state index is 11.9. The van der Waals surface area contributed by atoms with E-state index in [1.807, 2.05) is 31.2 Å². The van der Waals surface area contributed by atoms with Crippen LogP contribution in [0.15, 0.2) is 48.8 Å². The fraction of sp³-hybridized carbons (Fsp3) is 0.250. The third kappa shape index (κ3) is 4.09. The molecule has 0 aliphatic heterocycles. The molecule has 1 aromatic carbocycles. The highest BCUT2D eigenvalue weighted by Gasteiger charge is 2.05. The monoisotopic (exact) mass is 269 g/mol. The van der Waals surface area contributed by atoms with E-state index in [0.717, 1.165) is 12.1 Å². The molecule has 1 amide bonds. The number of carbonyl (C=O) groups excluding carboxylic acids is 1. The minimum atomic E-state index is -0.0808. The minimum Gasteiger partial charge on any atom is -0.380 e. The van der Waals surface area contributed by atoms with Crippen molar-refractivity contribution in [2.45, 2.75) is 19.9 Å². The molecule has 104 valence electrons. The number of hydrogen-bond acceptors (Lipinski definition) is 3. The zero-order valence-electron chi connectivity index (χ0n) is 11.6. The number of amides is 1. The highest BCUT2D eigenvalue weighted by atomic mass is 16.1. The SMILES string of the molecule is CCCNC(=O)c1cncc(NCc2ccccc2)c1. The molecule has 0 aliphatic carbocycles. The van der Waals surface area contributed by atoms with Crippen molar-refractivity contribution in [2.75, 3.05) is 11.9 Å². The van der Waals surface area contributed by atoms with Crippen LogP contribution in [0.3, 0.4) is 0 Å². The Morgan fingerprint density at radius 3 is 2.75 bits per heavy atom. The van der Waals surface area contributed by atoms with Crippen LogP contribution >= 0.6 is 0 Å². The smallest absolute Gasteiger partial charge is 0.252 e. The Bertz CT molecular complexity index is 555. The molecule has 0 radical (unpaired) electrons. The summed E-state index contributed by atoms with van der Waals surface area (Å²) in [5, 5.41) is 6.11. The summed E-state index contributed by atoms with van der Waals surface area (Å²) in [6.45, 7) is 3.42. The van der Waals surface area contributed by atoms with Gasteiger partial charge in [-0.25, -0.2) is 0 Å². The van der Waals surface area contributed by atoms with Gasteiger partial charge in [0.15, 0.2) is 0 Å². The van der Waals surface area contributed by atoms with Crippen LogP contribution < -0.4 is 10.6 Å². The molecule has 0 spiro atoms. The molecule has 0 fully saturated rings. The molecule has 1 aromatic heterocycles. The molecular formula is C16H19N3O. The van der Waals surface area contributed by atoms with Crippen molar-refractivity contribution in [1.29, 1.82) is 0 Å². The molecule has 4 heteroatoms. The van der Waals surface area contributed by atoms with E-state index in [-0.39, 0.29) is 5.91 Å². The topological polar surface area (TPSA) is 54.0 Å². The van der Waals surface area contributed by atoms with Crippen LogP contribution in [0, 0.1) is 0 Å². The first kappa shape index (κ1) is 14.1. The summed E-state index contributed by atoms with van der Waals surface area (Å²) in [4.78, 5) is 16.0. The lowest BCUT2D eigenvalue weighted by atomic mass is 10.2. The van der Waals surface area contributed by atoms with Gasteiger partial charge in [0.1, 0.15) is 0 Å². The Morgan fingerprint density at radius 2 is 2.00 bits per heavy atom. The molecule has 0 unspecified atom stereocenters. The van der Waals surface area contributed by atoms with Crippen molar-refractivity contribution >= 4 is 11.6 Å². The van der Waals surface area contributed by atoms with Gasteiger partial charge in [0.25, 0.3) is 5.91 Å². The van der Waals surface area contributed by atoms with Gasteiger partial charge < -0.3 is 10.6 Å². The lowest BCUT2D eigenvalue weighted by Gasteiger charge is -2.08. The molecule has 0 saturated heterocycles. The van der Waals surface area contributed by atoms with Crippen LogP contribution in [-0.4, -0.2) is 17.4 Å². The lowest BCUT2D eigenvalue weighted by molar-refractivity contribution is 0.0953. The van der Waals surface area contributed by atoms with Crippen molar-refractivity contribution in [3.63, 3.8) is 0 Å². The fourth-order valence-electron chi connectivity index (χ4n) is 1.80. The summed E-state index contributed by atoms with van der Waals surface area (Å²) in [7, 11) is 0. The van der Waals surface area contributed by atoms with Crippen LogP contribution in [0.4, 0.5) is 5.69 Å². The molecule has 2 aromatic rings. The molecule has 2 rings (SSSR count). The van der Waals surface area contributed by atoms with E-state index in [1.165, 1.54) is 5.56 Å². The molecule has 0 bridgehead atoms. The van der Waals surface area contributed by atoms with Crippen molar-refractivity contribution in [2.24, 2.45) is 0 Å². The Hall–Kier alpha value is -2.36. The Kier molecular flexibility index (Phi) is 5.12. The number of pyridine rings is 1. The number of carbonyl (C=O) groups is 1. The number of nitrogens with one attached hydrogen (secondary N) is 2. The summed E-state index contributed by atoms with van der Waals surface area (Å²) in [6, 6.07) is 11.9. The van der Waals surface area contributed by atoms with Crippen molar-refractivity contribution in [3.05, 3.63) is 59.9 Å². The summed E-state index contributed by atoms with van der Waals surface area (Å²) in [5.74, 6) is -0.0808. The van der Waals surface area contributed by atoms with E-state index in [1.54, 1.807) is 12.4 Å². The quantitative estimate of drug-likeness (QED) is 0.848. The molecule has 0 saturated carbocycles. The number of rotatable bonds is 6. The lowest BCUT2D eigenvalue weighted by Crippen LogP contribution is -2.24. The van der Waals surface area contributed by atoms with Gasteiger partial charge in [0.05, 0.1) is 11.3 Å². The summed E-state index contributed by atoms with van der Waals surface area (Å²) in [6.07, 6.45) is 4.23. The van der Waals surface area contributed by atoms with Gasteiger partial charge in [-0.15, -0.1) is 0 Å². The van der Waals surface area contributed by atoms with Crippen LogP contribution in [0.5, 0.6) is 0 Å². The van der Waals surface area contributed by atoms with Crippen LogP contribution in [0.2, 0.25) is 0 Å². The second-order valence-electron chi connectivity index (χ2n) is 4.56. The largest absolute Gasteiger partial charge is 0.380 e. The van der Waals surface area contributed by atoms with E-state index in [4.69, 9.17) is 0 Å². The number of benzene rings is 1. The van der Waals surface area contributed by atoms with Crippen LogP contribution in [0.1, 0.15) is 29.3 Å². The van der Waals surface area contributed by atoms with Gasteiger partial charge in [0.2, 0.25) is 0 Å². The fourth-order valence-corrected chi connectivity index (χ4v) is 1.80. The van der Waals surface area contributed by atoms with Gasteiger partial charge in [-0.3, -0.25) is 9.78 Å². The van der Waals surface area contributed by atoms with Crippen molar-refractivity contribution in [1.82, 2.24) is 10.3 Å². The van der Waals surface area contributed by atoms with Crippen molar-refractivity contribution in [3.8, 4) is 0 Å². The number of hydrogen-bond donors (Lipinski definition) is 2. The summed E-state index contributed by atoms with van der Waals surface area (Å²) >= 11 is 0. The molecule has 1 heterocycles. The first-order valence-corrected chi connectivity index (χ1v) is 6.80. The van der Waals surface area contributed by atoms with E-state index in [0.29, 0.717) is 18.7 Å². The number of nitrogens with zero attached hydrogens (tertiary/aromatic N) is 1. The predicted molar refractivity (Wildman–Crippen MR) is 80.6 cm³/mol. The van der Waals surface area contributed by atoms with E-state index < -0.39 is 0 Å². The molecule has 20 heavy (non-hydrogen) atoms. The third-order valence-electron chi connectivity index (χ3n) is 2.88. The summed E-state index contributed by atoms with van der Waals surface area (Å²) in [5.41, 5.74) is 2.61. The normalized spacial score (nSPS) is 10.1. The number of aromatic nitrogens is 1. The molecule has 0 aliphatic rings. The van der Waals surface area contributed by atoms with Gasteiger partial charge in [-0.2, -0.15) is 0 Å². The Morgan fingerprint density at radius 1 is 1.20 bits per heavy atom. The molecular weight excluding hydrogens is 250 g/mol. The standard InChI is InChI=1S/C16H19N3O/c1-2-8-18-16(20)14-9-15(12-17-11-14)19-10-13-6-4-3-5-7-13/h3-7,9,11-12,19H,2,8,10H2,1H3,(H,18,20). The number of anilines is 1. The third-order valence-corrected chi connectivity index (χ3v) is 2.88. The van der Waals surface area contributed by atoms with E-state index in [9.17, 15) is 4.79 Å². The zero-order valence-corrected chi connectivity index (χ0v) is 11.6. The van der Waals surface area contributed by atoms with Gasteiger partial charge in [-0.05, 0) is 18.1 Å². The molecule has 4 nitrogen and oxygen atoms in total. The highest BCUT2D eigenvalue weighted by Crippen LogP contribution is 2.10. The first-order valence-electron chi connectivity index (χ1n) is 6.80. The van der Waals surface area contributed by atoms with Crippen molar-refractivity contribution < 1.29 is 4.79 Å². The van der Waals surface area contributed by atoms with E-state index >= 15 is 0 Å². The second kappa shape index (κ2) is 7.28. The maximum atomic E-state index is 11.9. The molecule has 0 atom stereocenters. The van der Waals surface area contributed by atoms with Gasteiger partial charge in [-0.1, -0.05) is 37.3 Å². The van der Waals surface area contributed by atoms with Gasteiger partial charge in [0, 0.05) is 25.5 Å². The van der Waals surface area contributed by atoms with Gasteiger partial charge >= 0.3 is 0 Å². The molecule has 2 N–H and O–H groups in total. The first-order chi connectivity index (χ1) is 9.79. The minimum absolute atomic E-state index is 0.0808.